The van der Waals surface area contributed by atoms with Gasteiger partial charge in [-0.3, -0.25) is 4.99 Å². The molecule has 0 bridgehead atoms. The number of rotatable bonds is 1. The summed E-state index contributed by atoms with van der Waals surface area (Å²) in [7, 11) is 1.41. The molecule has 2 heterocycles. The fourth-order valence-corrected chi connectivity index (χ4v) is 4.25. The predicted octanol–water partition coefficient (Wildman–Crippen LogP) is 4.58. The number of nitrogens with zero attached hydrogens (tertiary/aromatic N) is 2. The topological polar surface area (TPSA) is 41.9 Å². The molecule has 1 aromatic rings. The van der Waals surface area contributed by atoms with Crippen LogP contribution >= 0.6 is 23.2 Å². The van der Waals surface area contributed by atoms with E-state index in [9.17, 15) is 4.79 Å². The van der Waals surface area contributed by atoms with Crippen LogP contribution in [0.25, 0.3) is 0 Å². The van der Waals surface area contributed by atoms with E-state index in [1.807, 2.05) is 36.4 Å². The van der Waals surface area contributed by atoms with Gasteiger partial charge in [-0.25, -0.2) is 4.79 Å². The van der Waals surface area contributed by atoms with Crippen molar-refractivity contribution < 1.29 is 9.53 Å². The zero-order valence-corrected chi connectivity index (χ0v) is 16.6. The molecule has 1 aromatic carbocycles. The average molecular weight is 403 g/mol. The standard InChI is InChI=1S/C21H20Cl2N2O2/c1-27-21(26)14-4-5-15-12-25(8-2-3-13(15)9-14)20-11-18(23)17-10-16(22)6-7-19(17)24-20/h4-6,9-11,19H,2-3,7-8,12H2,1H3. The van der Waals surface area contributed by atoms with Gasteiger partial charge >= 0.3 is 5.97 Å². The van der Waals surface area contributed by atoms with E-state index in [1.54, 1.807) is 0 Å². The SMILES string of the molecule is COC(=O)c1ccc2c(c1)CCCN(C1=NC3CC=C(Cl)C=C3C(Cl)=C1)C2. The lowest BCUT2D eigenvalue weighted by atomic mass is 9.96. The number of fused-ring (bicyclic) bond motifs is 2. The molecule has 27 heavy (non-hydrogen) atoms. The first-order chi connectivity index (χ1) is 13.0. The maximum absolute atomic E-state index is 11.8. The maximum Gasteiger partial charge on any atom is 0.337 e. The number of dihydropyridines is 1. The van der Waals surface area contributed by atoms with Gasteiger partial charge in [0.15, 0.2) is 0 Å². The van der Waals surface area contributed by atoms with Gasteiger partial charge in [-0.15, -0.1) is 0 Å². The van der Waals surface area contributed by atoms with Gasteiger partial charge in [-0.2, -0.15) is 0 Å². The van der Waals surface area contributed by atoms with Crippen LogP contribution in [0.15, 0.2) is 57.1 Å². The first-order valence-electron chi connectivity index (χ1n) is 9.03. The summed E-state index contributed by atoms with van der Waals surface area (Å²) in [5, 5.41) is 1.43. The number of hydrogen-bond acceptors (Lipinski definition) is 4. The summed E-state index contributed by atoms with van der Waals surface area (Å²) in [4.78, 5) is 19.0. The van der Waals surface area contributed by atoms with Crippen LogP contribution in [0.2, 0.25) is 0 Å². The van der Waals surface area contributed by atoms with Gasteiger partial charge in [0.1, 0.15) is 5.84 Å². The van der Waals surface area contributed by atoms with Gasteiger partial charge in [0.05, 0.1) is 18.7 Å². The van der Waals surface area contributed by atoms with Crippen molar-refractivity contribution in [3.63, 3.8) is 0 Å². The van der Waals surface area contributed by atoms with E-state index in [-0.39, 0.29) is 12.0 Å². The van der Waals surface area contributed by atoms with Crippen molar-refractivity contribution in [3.05, 3.63) is 68.8 Å². The molecule has 3 aliphatic rings. The number of carbonyl (C=O) groups excluding carboxylic acids is 1. The summed E-state index contributed by atoms with van der Waals surface area (Å²) in [6.45, 7) is 1.64. The van der Waals surface area contributed by atoms with Crippen molar-refractivity contribution in [2.75, 3.05) is 13.7 Å². The van der Waals surface area contributed by atoms with Gasteiger partial charge in [0, 0.05) is 23.2 Å². The van der Waals surface area contributed by atoms with Gasteiger partial charge in [0.2, 0.25) is 0 Å². The molecule has 0 aromatic heterocycles. The maximum atomic E-state index is 11.8. The Hall–Kier alpha value is -2.04. The number of allylic oxidation sites excluding steroid dienone is 2. The van der Waals surface area contributed by atoms with Crippen molar-refractivity contribution in [1.82, 2.24) is 4.90 Å². The van der Waals surface area contributed by atoms with Crippen LogP contribution in [-0.4, -0.2) is 36.4 Å². The molecule has 1 aliphatic carbocycles. The van der Waals surface area contributed by atoms with Gasteiger partial charge in [-0.1, -0.05) is 35.3 Å². The normalized spacial score (nSPS) is 21.7. The number of benzene rings is 1. The Bertz CT molecular complexity index is 915. The summed E-state index contributed by atoms with van der Waals surface area (Å²) in [6, 6.07) is 5.83. The highest BCUT2D eigenvalue weighted by Crippen LogP contribution is 2.34. The fourth-order valence-electron chi connectivity index (χ4n) is 3.77. The Balaban J connectivity index is 1.60. The molecule has 0 fully saturated rings. The second-order valence-electron chi connectivity index (χ2n) is 6.92. The molecule has 0 radical (unpaired) electrons. The predicted molar refractivity (Wildman–Crippen MR) is 108 cm³/mol. The van der Waals surface area contributed by atoms with Crippen molar-refractivity contribution in [2.24, 2.45) is 4.99 Å². The molecular formula is C21H20Cl2N2O2. The van der Waals surface area contributed by atoms with Crippen LogP contribution in [0.3, 0.4) is 0 Å². The quantitative estimate of drug-likeness (QED) is 0.645. The summed E-state index contributed by atoms with van der Waals surface area (Å²) in [5.41, 5.74) is 3.99. The fraction of sp³-hybridized carbons (Fsp3) is 0.333. The number of amidine groups is 1. The lowest BCUT2D eigenvalue weighted by Crippen LogP contribution is -2.33. The molecule has 4 nitrogen and oxygen atoms in total. The lowest BCUT2D eigenvalue weighted by molar-refractivity contribution is 0.0600. The van der Waals surface area contributed by atoms with E-state index in [4.69, 9.17) is 32.9 Å². The number of ether oxygens (including phenoxy) is 1. The van der Waals surface area contributed by atoms with E-state index in [0.717, 1.165) is 48.8 Å². The van der Waals surface area contributed by atoms with Crippen LogP contribution in [-0.2, 0) is 17.7 Å². The summed E-state index contributed by atoms with van der Waals surface area (Å²) >= 11 is 12.6. The number of methoxy groups -OCH3 is 1. The summed E-state index contributed by atoms with van der Waals surface area (Å²) in [6.07, 6.45) is 8.51. The van der Waals surface area contributed by atoms with Crippen LogP contribution in [0, 0.1) is 0 Å². The van der Waals surface area contributed by atoms with Gasteiger partial charge in [0.25, 0.3) is 0 Å². The minimum atomic E-state index is -0.298. The highest BCUT2D eigenvalue weighted by Gasteiger charge is 2.27. The van der Waals surface area contributed by atoms with E-state index in [0.29, 0.717) is 10.6 Å². The van der Waals surface area contributed by atoms with Crippen LogP contribution in [0.5, 0.6) is 0 Å². The second kappa shape index (κ2) is 7.53. The van der Waals surface area contributed by atoms with Crippen LogP contribution in [0.4, 0.5) is 0 Å². The molecule has 6 heteroatoms. The monoisotopic (exact) mass is 402 g/mol. The Kier molecular flexibility index (Phi) is 5.11. The molecule has 0 spiro atoms. The minimum Gasteiger partial charge on any atom is -0.465 e. The molecular weight excluding hydrogens is 383 g/mol. The Morgan fingerprint density at radius 3 is 2.93 bits per heavy atom. The molecule has 4 rings (SSSR count). The first-order valence-corrected chi connectivity index (χ1v) is 9.78. The first kappa shape index (κ1) is 18.3. The van der Waals surface area contributed by atoms with Gasteiger partial charge in [-0.05, 0) is 60.2 Å². The van der Waals surface area contributed by atoms with Crippen molar-refractivity contribution in [3.8, 4) is 0 Å². The third-order valence-electron chi connectivity index (χ3n) is 5.19. The molecule has 2 aliphatic heterocycles. The van der Waals surface area contributed by atoms with Crippen molar-refractivity contribution in [2.45, 2.75) is 31.8 Å². The highest BCUT2D eigenvalue weighted by molar-refractivity contribution is 6.35. The Morgan fingerprint density at radius 2 is 2.11 bits per heavy atom. The third kappa shape index (κ3) is 3.69. The number of carbonyl (C=O) groups is 1. The summed E-state index contributed by atoms with van der Waals surface area (Å²) in [5.74, 6) is 0.618. The number of aliphatic imine (C=N–C) groups is 1. The van der Waals surface area contributed by atoms with Gasteiger partial charge < -0.3 is 9.64 Å². The van der Waals surface area contributed by atoms with E-state index < -0.39 is 0 Å². The van der Waals surface area contributed by atoms with E-state index in [2.05, 4.69) is 4.90 Å². The minimum absolute atomic E-state index is 0.0319. The molecule has 0 N–H and O–H groups in total. The Labute approximate surface area is 168 Å². The van der Waals surface area contributed by atoms with Crippen LogP contribution in [0.1, 0.15) is 34.3 Å². The van der Waals surface area contributed by atoms with E-state index in [1.165, 1.54) is 18.2 Å². The molecule has 1 unspecified atom stereocenters. The molecule has 0 saturated heterocycles. The number of halogens is 2. The second-order valence-corrected chi connectivity index (χ2v) is 7.76. The van der Waals surface area contributed by atoms with E-state index >= 15 is 0 Å². The largest absolute Gasteiger partial charge is 0.465 e. The van der Waals surface area contributed by atoms with Crippen molar-refractivity contribution >= 4 is 35.0 Å². The van der Waals surface area contributed by atoms with Crippen LogP contribution < -0.4 is 0 Å². The molecule has 0 amide bonds. The average Bonchev–Trinajstić information content (AvgIpc) is 2.89. The smallest absolute Gasteiger partial charge is 0.337 e. The zero-order chi connectivity index (χ0) is 19.0. The highest BCUT2D eigenvalue weighted by atomic mass is 35.5. The Morgan fingerprint density at radius 1 is 1.26 bits per heavy atom. The number of hydrogen-bond donors (Lipinski definition) is 0. The molecule has 140 valence electrons. The summed E-state index contributed by atoms with van der Waals surface area (Å²) < 4.78 is 4.83. The number of esters is 1. The lowest BCUT2D eigenvalue weighted by Gasteiger charge is -2.30. The molecule has 0 saturated carbocycles. The molecule has 1 atom stereocenters. The van der Waals surface area contributed by atoms with Crippen molar-refractivity contribution in [1.29, 1.82) is 0 Å². The third-order valence-corrected chi connectivity index (χ3v) is 5.79. The zero-order valence-electron chi connectivity index (χ0n) is 15.0. The number of aryl methyl sites for hydroxylation is 1.